The van der Waals surface area contributed by atoms with E-state index in [2.05, 4.69) is 10.3 Å². The number of aliphatic imine (C=N–C) groups is 1. The van der Waals surface area contributed by atoms with Crippen molar-refractivity contribution < 1.29 is 14.3 Å². The van der Waals surface area contributed by atoms with Gasteiger partial charge in [-0.25, -0.2) is 4.79 Å². The minimum Gasteiger partial charge on any atom is -0.464 e. The molecule has 0 radical (unpaired) electrons. The lowest BCUT2D eigenvalue weighted by molar-refractivity contribution is -0.145. The van der Waals surface area contributed by atoms with Gasteiger partial charge in [-0.1, -0.05) is 18.2 Å². The molecule has 0 saturated heterocycles. The maximum atomic E-state index is 12.1. The third-order valence-corrected chi connectivity index (χ3v) is 2.86. The molecule has 7 nitrogen and oxygen atoms in total. The lowest BCUT2D eigenvalue weighted by atomic mass is 10.1. The normalized spacial score (nSPS) is 10.8. The third-order valence-electron chi connectivity index (χ3n) is 2.86. The van der Waals surface area contributed by atoms with Crippen LogP contribution in [0.15, 0.2) is 35.3 Å². The van der Waals surface area contributed by atoms with Crippen LogP contribution in [-0.2, 0) is 9.53 Å². The van der Waals surface area contributed by atoms with Crippen molar-refractivity contribution in [3.63, 3.8) is 0 Å². The number of nitrogens with one attached hydrogen (secondary N) is 1. The van der Waals surface area contributed by atoms with Gasteiger partial charge in [0.25, 0.3) is 5.91 Å². The number of carbonyl (C=O) groups is 2. The van der Waals surface area contributed by atoms with Gasteiger partial charge in [0.15, 0.2) is 5.96 Å². The zero-order valence-electron chi connectivity index (χ0n) is 13.0. The van der Waals surface area contributed by atoms with Gasteiger partial charge in [-0.05, 0) is 31.9 Å². The number of nitrogens with zero attached hydrogens (tertiary/aromatic N) is 1. The molecule has 0 spiro atoms. The second kappa shape index (κ2) is 11.3. The van der Waals surface area contributed by atoms with E-state index >= 15 is 0 Å². The second-order valence-electron chi connectivity index (χ2n) is 4.59. The fourth-order valence-corrected chi connectivity index (χ4v) is 1.83. The number of carbonyl (C=O) groups excluding carboxylic acids is 2. The molecule has 0 unspecified atom stereocenters. The number of nitrogens with two attached hydrogens (primary N) is 2. The van der Waals surface area contributed by atoms with Crippen molar-refractivity contribution in [3.05, 3.63) is 35.9 Å². The number of amides is 1. The average Bonchev–Trinajstić information content (AvgIpc) is 2.51. The molecule has 0 fully saturated rings. The monoisotopic (exact) mass is 342 g/mol. The molecule has 0 aliphatic carbocycles. The first-order valence-corrected chi connectivity index (χ1v) is 7.12. The van der Waals surface area contributed by atoms with E-state index < -0.39 is 12.0 Å². The quantitative estimate of drug-likeness (QED) is 0.279. The van der Waals surface area contributed by atoms with Gasteiger partial charge in [0.2, 0.25) is 0 Å². The molecule has 0 saturated carbocycles. The number of esters is 1. The fraction of sp³-hybridized carbons (Fsp3) is 0.400. The van der Waals surface area contributed by atoms with E-state index in [1.165, 1.54) is 0 Å². The first kappa shape index (κ1) is 20.7. The summed E-state index contributed by atoms with van der Waals surface area (Å²) < 4.78 is 4.98. The molecule has 0 bridgehead atoms. The van der Waals surface area contributed by atoms with Gasteiger partial charge in [0.1, 0.15) is 6.04 Å². The Labute approximate surface area is 141 Å². The lowest BCUT2D eigenvalue weighted by Crippen LogP contribution is -2.42. The molecule has 23 heavy (non-hydrogen) atoms. The van der Waals surface area contributed by atoms with Gasteiger partial charge in [-0.15, -0.1) is 12.4 Å². The largest absolute Gasteiger partial charge is 0.464 e. The Morgan fingerprint density at radius 1 is 1.26 bits per heavy atom. The highest BCUT2D eigenvalue weighted by Crippen LogP contribution is 2.04. The average molecular weight is 343 g/mol. The number of halogens is 1. The summed E-state index contributed by atoms with van der Waals surface area (Å²) in [6, 6.07) is 7.96. The summed E-state index contributed by atoms with van der Waals surface area (Å²) in [4.78, 5) is 27.9. The Morgan fingerprint density at radius 3 is 2.48 bits per heavy atom. The van der Waals surface area contributed by atoms with E-state index in [0.29, 0.717) is 24.9 Å². The predicted octanol–water partition coefficient (Wildman–Crippen LogP) is 0.824. The molecule has 1 amide bonds. The van der Waals surface area contributed by atoms with Crippen molar-refractivity contribution in [2.24, 2.45) is 16.5 Å². The summed E-state index contributed by atoms with van der Waals surface area (Å²) >= 11 is 0. The van der Waals surface area contributed by atoms with Crippen LogP contribution in [0.5, 0.6) is 0 Å². The minimum absolute atomic E-state index is 0. The van der Waals surface area contributed by atoms with Crippen molar-refractivity contribution in [2.75, 3.05) is 13.2 Å². The van der Waals surface area contributed by atoms with Crippen LogP contribution in [0.2, 0.25) is 0 Å². The van der Waals surface area contributed by atoms with Crippen molar-refractivity contribution >= 4 is 30.2 Å². The molecular weight excluding hydrogens is 320 g/mol. The van der Waals surface area contributed by atoms with Crippen LogP contribution in [0.4, 0.5) is 0 Å². The Kier molecular flexibility index (Phi) is 10.2. The van der Waals surface area contributed by atoms with Gasteiger partial charge < -0.3 is 21.5 Å². The SMILES string of the molecule is CCOC(=O)[C@H](CCCN=C(N)N)NC(=O)c1ccccc1.Cl. The molecule has 1 rings (SSSR count). The summed E-state index contributed by atoms with van der Waals surface area (Å²) in [6.45, 7) is 2.36. The van der Waals surface area contributed by atoms with Crippen molar-refractivity contribution in [3.8, 4) is 0 Å². The van der Waals surface area contributed by atoms with Crippen LogP contribution in [0.25, 0.3) is 0 Å². The molecule has 1 aromatic rings. The number of ether oxygens (including phenoxy) is 1. The van der Waals surface area contributed by atoms with Crippen molar-refractivity contribution in [1.29, 1.82) is 0 Å². The van der Waals surface area contributed by atoms with E-state index in [-0.39, 0.29) is 30.9 Å². The predicted molar refractivity (Wildman–Crippen MR) is 91.5 cm³/mol. The van der Waals surface area contributed by atoms with Crippen LogP contribution in [-0.4, -0.2) is 37.0 Å². The van der Waals surface area contributed by atoms with Crippen molar-refractivity contribution in [2.45, 2.75) is 25.8 Å². The summed E-state index contributed by atoms with van der Waals surface area (Å²) in [5.41, 5.74) is 11.0. The molecule has 0 aliphatic heterocycles. The van der Waals surface area contributed by atoms with E-state index in [9.17, 15) is 9.59 Å². The molecule has 8 heteroatoms. The van der Waals surface area contributed by atoms with E-state index in [4.69, 9.17) is 16.2 Å². The number of hydrogen-bond donors (Lipinski definition) is 3. The fourth-order valence-electron chi connectivity index (χ4n) is 1.83. The molecular formula is C15H23ClN4O3. The maximum Gasteiger partial charge on any atom is 0.328 e. The van der Waals surface area contributed by atoms with Crippen LogP contribution >= 0.6 is 12.4 Å². The molecule has 1 aromatic carbocycles. The highest BCUT2D eigenvalue weighted by Gasteiger charge is 2.22. The van der Waals surface area contributed by atoms with Crippen LogP contribution < -0.4 is 16.8 Å². The third kappa shape index (κ3) is 8.06. The van der Waals surface area contributed by atoms with Crippen LogP contribution in [0.1, 0.15) is 30.1 Å². The number of guanidine groups is 1. The van der Waals surface area contributed by atoms with Gasteiger partial charge in [0.05, 0.1) is 6.61 Å². The van der Waals surface area contributed by atoms with Gasteiger partial charge in [-0.3, -0.25) is 9.79 Å². The smallest absolute Gasteiger partial charge is 0.328 e. The Bertz CT molecular complexity index is 519. The van der Waals surface area contributed by atoms with Crippen LogP contribution in [0, 0.1) is 0 Å². The zero-order valence-corrected chi connectivity index (χ0v) is 13.8. The highest BCUT2D eigenvalue weighted by molar-refractivity contribution is 5.96. The van der Waals surface area contributed by atoms with Crippen molar-refractivity contribution in [1.82, 2.24) is 5.32 Å². The molecule has 128 valence electrons. The first-order valence-electron chi connectivity index (χ1n) is 7.12. The summed E-state index contributed by atoms with van der Waals surface area (Å²) in [6.07, 6.45) is 0.949. The standard InChI is InChI=1S/C15H22N4O3.ClH/c1-2-22-14(21)12(9-6-10-18-15(16)17)19-13(20)11-7-4-3-5-8-11;/h3-5,7-8,12H,2,6,9-10H2,1H3,(H,19,20)(H4,16,17,18);1H/t12-;/m0./s1. The van der Waals surface area contributed by atoms with Gasteiger partial charge in [-0.2, -0.15) is 0 Å². The van der Waals surface area contributed by atoms with E-state index in [1.807, 2.05) is 6.07 Å². The minimum atomic E-state index is -0.721. The highest BCUT2D eigenvalue weighted by atomic mass is 35.5. The number of benzene rings is 1. The van der Waals surface area contributed by atoms with Gasteiger partial charge >= 0.3 is 5.97 Å². The van der Waals surface area contributed by atoms with E-state index in [1.54, 1.807) is 31.2 Å². The summed E-state index contributed by atoms with van der Waals surface area (Å²) in [5.74, 6) is -0.780. The van der Waals surface area contributed by atoms with Gasteiger partial charge in [0, 0.05) is 12.1 Å². The maximum absolute atomic E-state index is 12.1. The molecule has 1 atom stereocenters. The summed E-state index contributed by atoms with van der Waals surface area (Å²) in [7, 11) is 0. The Hall–Kier alpha value is -2.28. The molecule has 5 N–H and O–H groups in total. The Balaban J connectivity index is 0.00000484. The topological polar surface area (TPSA) is 120 Å². The lowest BCUT2D eigenvalue weighted by Gasteiger charge is -2.17. The molecule has 0 aliphatic rings. The second-order valence-corrected chi connectivity index (χ2v) is 4.59. The zero-order chi connectivity index (χ0) is 16.4. The summed E-state index contributed by atoms with van der Waals surface area (Å²) in [5, 5.41) is 2.68. The van der Waals surface area contributed by atoms with Crippen LogP contribution in [0.3, 0.4) is 0 Å². The first-order chi connectivity index (χ1) is 10.5. The number of rotatable bonds is 8. The molecule has 0 heterocycles. The Morgan fingerprint density at radius 2 is 1.91 bits per heavy atom. The van der Waals surface area contributed by atoms with E-state index in [0.717, 1.165) is 0 Å². The number of hydrogen-bond acceptors (Lipinski definition) is 4. The molecule has 0 aromatic heterocycles.